The number of Topliss-reactive ketones (excluding diaryl/α,β-unsaturated/α-hetero) is 2. The van der Waals surface area contributed by atoms with Crippen LogP contribution in [0.4, 0.5) is 0 Å². The van der Waals surface area contributed by atoms with Crippen LogP contribution in [-0.2, 0) is 33.4 Å². The molecule has 0 aliphatic carbocycles. The van der Waals surface area contributed by atoms with Gasteiger partial charge in [-0.2, -0.15) is 35.9 Å². The third kappa shape index (κ3) is 30.5. The maximum absolute atomic E-state index is 10.8. The van der Waals surface area contributed by atoms with Crippen LogP contribution in [-0.4, -0.2) is 11.6 Å². The molecule has 0 radical (unpaired) electrons. The summed E-state index contributed by atoms with van der Waals surface area (Å²) in [4.78, 5) is 20.6. The van der Waals surface area contributed by atoms with E-state index >= 15 is 0 Å². The number of ketones is 2. The van der Waals surface area contributed by atoms with Crippen molar-refractivity contribution >= 4 is 11.6 Å². The second kappa shape index (κ2) is 27.3. The average molecular weight is 480 g/mol. The summed E-state index contributed by atoms with van der Waals surface area (Å²) in [7, 11) is 0. The molecule has 0 amide bonds. The van der Waals surface area contributed by atoms with E-state index in [1.165, 1.54) is 37.3 Å². The Kier molecular flexibility index (Phi) is 32.1. The first-order chi connectivity index (χ1) is 14.6. The van der Waals surface area contributed by atoms with Gasteiger partial charge in [0.05, 0.1) is 0 Å². The molecule has 32 heavy (non-hydrogen) atoms. The Labute approximate surface area is 210 Å². The molecule has 0 saturated heterocycles. The van der Waals surface area contributed by atoms with Crippen molar-refractivity contribution in [3.8, 4) is 0 Å². The summed E-state index contributed by atoms with van der Waals surface area (Å²) < 4.78 is 0. The largest absolute Gasteiger partial charge is 0.300 e. The molecule has 2 nitrogen and oxygen atoms in total. The van der Waals surface area contributed by atoms with E-state index in [2.05, 4.69) is 52.5 Å². The van der Waals surface area contributed by atoms with Crippen molar-refractivity contribution in [1.29, 1.82) is 0 Å². The van der Waals surface area contributed by atoms with E-state index in [1.807, 2.05) is 39.0 Å². The molecule has 0 unspecified atom stereocenters. The molecule has 3 heteroatoms. The van der Waals surface area contributed by atoms with E-state index in [0.29, 0.717) is 12.0 Å². The normalized spacial score (nSPS) is 10.2. The van der Waals surface area contributed by atoms with Gasteiger partial charge in [0, 0.05) is 29.4 Å². The summed E-state index contributed by atoms with van der Waals surface area (Å²) in [6.07, 6.45) is 11.1. The van der Waals surface area contributed by atoms with Gasteiger partial charge in [0.15, 0.2) is 5.78 Å². The molecule has 0 bridgehead atoms. The maximum Gasteiger partial charge on any atom is 0.159 e. The molecular weight excluding hydrogens is 432 g/mol. The van der Waals surface area contributed by atoms with Crippen molar-refractivity contribution in [2.24, 2.45) is 5.92 Å². The van der Waals surface area contributed by atoms with Gasteiger partial charge in [-0.25, -0.2) is 0 Å². The van der Waals surface area contributed by atoms with Crippen molar-refractivity contribution in [3.05, 3.63) is 71.8 Å². The molecular formula is C29H47CrO2-. The third-order valence-electron chi connectivity index (χ3n) is 4.39. The third-order valence-corrected chi connectivity index (χ3v) is 4.39. The van der Waals surface area contributed by atoms with Gasteiger partial charge in [-0.1, -0.05) is 90.7 Å². The fourth-order valence-electron chi connectivity index (χ4n) is 1.94. The number of hydrogen-bond acceptors (Lipinski definition) is 2. The monoisotopic (exact) mass is 479 g/mol. The van der Waals surface area contributed by atoms with E-state index in [4.69, 9.17) is 0 Å². The summed E-state index contributed by atoms with van der Waals surface area (Å²) >= 11 is 0. The molecule has 0 fully saturated rings. The molecule has 182 valence electrons. The Morgan fingerprint density at radius 2 is 1.50 bits per heavy atom. The summed E-state index contributed by atoms with van der Waals surface area (Å²) in [6, 6.07) is 11.0. The van der Waals surface area contributed by atoms with Gasteiger partial charge in [-0.05, 0) is 33.6 Å². The van der Waals surface area contributed by atoms with E-state index in [1.54, 1.807) is 19.1 Å². The number of carbonyl (C=O) groups is 2. The summed E-state index contributed by atoms with van der Waals surface area (Å²) in [5.41, 5.74) is 3.21. The molecule has 1 rings (SSSR count). The quantitative estimate of drug-likeness (QED) is 0.213. The SMILES string of the molecule is C=C/C(=C\C=C(C)C)C(C)=O.CCC(C)=O.CCC[C@H](C)CC.CCc1cc[c-]cc1.[Cr]. The van der Waals surface area contributed by atoms with E-state index in [9.17, 15) is 9.59 Å². The molecule has 0 aliphatic rings. The first kappa shape index (κ1) is 37.6. The topological polar surface area (TPSA) is 34.1 Å². The Morgan fingerprint density at radius 1 is 1.00 bits per heavy atom. The van der Waals surface area contributed by atoms with E-state index in [0.717, 1.165) is 12.3 Å². The molecule has 1 aromatic carbocycles. The van der Waals surface area contributed by atoms with Crippen molar-refractivity contribution < 1.29 is 27.0 Å². The number of carbonyl (C=O) groups excluding carboxylic acids is 2. The van der Waals surface area contributed by atoms with Gasteiger partial charge < -0.3 is 4.79 Å². The minimum atomic E-state index is 0. The minimum Gasteiger partial charge on any atom is -0.300 e. The molecule has 0 heterocycles. The van der Waals surface area contributed by atoms with Gasteiger partial charge in [0.2, 0.25) is 0 Å². The van der Waals surface area contributed by atoms with E-state index in [-0.39, 0.29) is 28.9 Å². The molecule has 0 spiro atoms. The van der Waals surface area contributed by atoms with Crippen LogP contribution in [0.3, 0.4) is 0 Å². The number of rotatable bonds is 8. The first-order valence-electron chi connectivity index (χ1n) is 11.5. The van der Waals surface area contributed by atoms with Crippen LogP contribution in [0.15, 0.2) is 60.2 Å². The summed E-state index contributed by atoms with van der Waals surface area (Å²) in [5.74, 6) is 1.26. The number of allylic oxidation sites excluding steroid dienone is 5. The first-order valence-corrected chi connectivity index (χ1v) is 11.5. The van der Waals surface area contributed by atoms with Crippen LogP contribution < -0.4 is 0 Å². The second-order valence-corrected chi connectivity index (χ2v) is 7.75. The van der Waals surface area contributed by atoms with Crippen LogP contribution >= 0.6 is 0 Å². The molecule has 1 atom stereocenters. The van der Waals surface area contributed by atoms with Gasteiger partial charge in [-0.3, -0.25) is 4.79 Å². The zero-order valence-electron chi connectivity index (χ0n) is 22.1. The van der Waals surface area contributed by atoms with Crippen molar-refractivity contribution in [2.45, 2.75) is 94.4 Å². The molecule has 1 aromatic rings. The Balaban J connectivity index is -0.000000168. The Hall–Kier alpha value is -1.69. The molecule has 0 saturated carbocycles. The standard InChI is InChI=1S/C10H14O.C8H9.C7H16.C4H8O.Cr/c1-5-10(9(4)11)7-6-8(2)3;1-2-8-6-4-3-5-7-8;1-4-6-7(3)5-2;1-3-4(2)5;/h5-7H,1H2,2-4H3;4-7H,2H2,1H3;7H,4-6H2,1-3H3;3H2,1-2H3;/q;-1;;;/b10-7+;;;;/t;;7-;;/m..1../s1. The average Bonchev–Trinajstić information content (AvgIpc) is 2.75. The van der Waals surface area contributed by atoms with Gasteiger partial charge in [-0.15, -0.1) is 0 Å². The predicted molar refractivity (Wildman–Crippen MR) is 138 cm³/mol. The number of benzene rings is 1. The minimum absolute atomic E-state index is 0. The van der Waals surface area contributed by atoms with Gasteiger partial charge in [0.1, 0.15) is 5.78 Å². The predicted octanol–water partition coefficient (Wildman–Crippen LogP) is 8.52. The Bertz CT molecular complexity index is 638. The van der Waals surface area contributed by atoms with Crippen LogP contribution in [0.25, 0.3) is 0 Å². The second-order valence-electron chi connectivity index (χ2n) is 7.75. The van der Waals surface area contributed by atoms with E-state index < -0.39 is 0 Å². The number of aryl methyl sites for hydroxylation is 1. The van der Waals surface area contributed by atoms with Gasteiger partial charge >= 0.3 is 0 Å². The van der Waals surface area contributed by atoms with Crippen LogP contribution in [0.1, 0.15) is 93.6 Å². The molecule has 0 aliphatic heterocycles. The van der Waals surface area contributed by atoms with Crippen molar-refractivity contribution in [2.75, 3.05) is 0 Å². The maximum atomic E-state index is 10.8. The van der Waals surface area contributed by atoms with Crippen molar-refractivity contribution in [3.63, 3.8) is 0 Å². The van der Waals surface area contributed by atoms with Gasteiger partial charge in [0.25, 0.3) is 0 Å². The number of hydrogen-bond donors (Lipinski definition) is 0. The smallest absolute Gasteiger partial charge is 0.159 e. The van der Waals surface area contributed by atoms with Crippen LogP contribution in [0.2, 0.25) is 0 Å². The Morgan fingerprint density at radius 3 is 1.72 bits per heavy atom. The van der Waals surface area contributed by atoms with Crippen LogP contribution in [0, 0.1) is 12.0 Å². The summed E-state index contributed by atoms with van der Waals surface area (Å²) in [6.45, 7) is 21.4. The van der Waals surface area contributed by atoms with Crippen molar-refractivity contribution in [1.82, 2.24) is 0 Å². The zero-order chi connectivity index (χ0) is 24.7. The zero-order valence-corrected chi connectivity index (χ0v) is 23.4. The van der Waals surface area contributed by atoms with Crippen LogP contribution in [0.5, 0.6) is 0 Å². The molecule has 0 N–H and O–H groups in total. The fourth-order valence-corrected chi connectivity index (χ4v) is 1.94. The fraction of sp³-hybridized carbons (Fsp3) is 0.517. The summed E-state index contributed by atoms with van der Waals surface area (Å²) in [5, 5.41) is 0. The molecule has 0 aromatic heterocycles.